The molecule has 0 radical (unpaired) electrons. The highest BCUT2D eigenvalue weighted by Crippen LogP contribution is 2.33. The molecule has 2 aromatic rings. The van der Waals surface area contributed by atoms with Gasteiger partial charge in [-0.05, 0) is 38.9 Å². The van der Waals surface area contributed by atoms with Gasteiger partial charge in [-0.25, -0.2) is 18.4 Å². The second-order valence-corrected chi connectivity index (χ2v) is 6.41. The molecular weight excluding hydrogens is 314 g/mol. The van der Waals surface area contributed by atoms with Crippen LogP contribution in [0.5, 0.6) is 0 Å². The summed E-state index contributed by atoms with van der Waals surface area (Å²) in [6.45, 7) is 3.63. The van der Waals surface area contributed by atoms with Gasteiger partial charge in [0.05, 0.1) is 6.54 Å². The topological polar surface area (TPSA) is 54.2 Å². The maximum absolute atomic E-state index is 14.4. The first-order valence-electron chi connectivity index (χ1n) is 8.25. The van der Waals surface area contributed by atoms with Gasteiger partial charge in [0.25, 0.3) is 0 Å². The van der Waals surface area contributed by atoms with Crippen LogP contribution in [0.15, 0.2) is 30.9 Å². The molecule has 3 rings (SSSR count). The molecule has 1 aliphatic heterocycles. The molecule has 0 amide bonds. The van der Waals surface area contributed by atoms with Crippen LogP contribution < -0.4 is 0 Å². The third-order valence-corrected chi connectivity index (χ3v) is 4.90. The predicted molar refractivity (Wildman–Crippen MR) is 85.2 cm³/mol. The average Bonchev–Trinajstić information content (AvgIpc) is 3.07. The first-order chi connectivity index (χ1) is 11.5. The van der Waals surface area contributed by atoms with Crippen molar-refractivity contribution in [3.8, 4) is 0 Å². The molecule has 0 bridgehead atoms. The fourth-order valence-electron chi connectivity index (χ4n) is 3.45. The molecule has 1 fully saturated rings. The zero-order chi connectivity index (χ0) is 17.2. The van der Waals surface area contributed by atoms with E-state index in [-0.39, 0.29) is 18.2 Å². The van der Waals surface area contributed by atoms with E-state index in [0.29, 0.717) is 0 Å². The standard InChI is InChI=1S/C17H22F2N4O/c1-13(22-7-3-2-4-8-22)17(24,10-23-12-20-11-21-23)15-6-5-14(18)9-16(15)19/h5-6,9,11-13,24H,2-4,7-8,10H2,1H3/t13-,17-/m1/s1. The van der Waals surface area contributed by atoms with Gasteiger partial charge in [-0.3, -0.25) is 4.90 Å². The molecule has 1 aliphatic rings. The van der Waals surface area contributed by atoms with Crippen LogP contribution in [0.3, 0.4) is 0 Å². The van der Waals surface area contributed by atoms with Crippen molar-refractivity contribution in [3.63, 3.8) is 0 Å². The summed E-state index contributed by atoms with van der Waals surface area (Å²) in [7, 11) is 0. The van der Waals surface area contributed by atoms with E-state index in [2.05, 4.69) is 15.0 Å². The summed E-state index contributed by atoms with van der Waals surface area (Å²) >= 11 is 0. The van der Waals surface area contributed by atoms with Gasteiger partial charge >= 0.3 is 0 Å². The molecule has 0 spiro atoms. The molecule has 5 nitrogen and oxygen atoms in total. The maximum atomic E-state index is 14.4. The minimum atomic E-state index is -1.54. The van der Waals surface area contributed by atoms with Crippen molar-refractivity contribution in [1.82, 2.24) is 19.7 Å². The van der Waals surface area contributed by atoms with E-state index >= 15 is 0 Å². The average molecular weight is 336 g/mol. The first-order valence-corrected chi connectivity index (χ1v) is 8.25. The van der Waals surface area contributed by atoms with Crippen LogP contribution in [0.25, 0.3) is 0 Å². The van der Waals surface area contributed by atoms with Gasteiger partial charge in [0, 0.05) is 17.7 Å². The Bertz CT molecular complexity index is 673. The Morgan fingerprint density at radius 3 is 2.62 bits per heavy atom. The lowest BCUT2D eigenvalue weighted by molar-refractivity contribution is -0.0680. The fourth-order valence-corrected chi connectivity index (χ4v) is 3.45. The summed E-state index contributed by atoms with van der Waals surface area (Å²) in [4.78, 5) is 6.04. The van der Waals surface area contributed by atoms with Crippen LogP contribution in [0, 0.1) is 11.6 Å². The molecule has 0 unspecified atom stereocenters. The highest BCUT2D eigenvalue weighted by molar-refractivity contribution is 5.27. The van der Waals surface area contributed by atoms with Gasteiger partial charge in [0.1, 0.15) is 29.9 Å². The van der Waals surface area contributed by atoms with Crippen molar-refractivity contribution in [2.24, 2.45) is 0 Å². The summed E-state index contributed by atoms with van der Waals surface area (Å²) in [5, 5.41) is 15.5. The first kappa shape index (κ1) is 17.0. The minimum absolute atomic E-state index is 0.0488. The quantitative estimate of drug-likeness (QED) is 0.910. The van der Waals surface area contributed by atoms with E-state index in [0.717, 1.165) is 38.4 Å². The number of hydrogen-bond donors (Lipinski definition) is 1. The van der Waals surface area contributed by atoms with Crippen molar-refractivity contribution in [1.29, 1.82) is 0 Å². The van der Waals surface area contributed by atoms with E-state index in [1.165, 1.54) is 29.5 Å². The Hall–Kier alpha value is -1.86. The number of likely N-dealkylation sites (tertiary alicyclic amines) is 1. The van der Waals surface area contributed by atoms with Gasteiger partial charge in [-0.2, -0.15) is 5.10 Å². The summed E-state index contributed by atoms with van der Waals surface area (Å²) < 4.78 is 29.2. The number of benzene rings is 1. The summed E-state index contributed by atoms with van der Waals surface area (Å²) in [5.74, 6) is -1.41. The zero-order valence-electron chi connectivity index (χ0n) is 13.7. The molecule has 130 valence electrons. The SMILES string of the molecule is C[C@@H](N1CCCCC1)[C@](O)(Cn1cncn1)c1ccc(F)cc1F. The van der Waals surface area contributed by atoms with Crippen LogP contribution in [-0.4, -0.2) is 43.9 Å². The van der Waals surface area contributed by atoms with Gasteiger partial charge in [-0.1, -0.05) is 12.5 Å². The number of nitrogens with zero attached hydrogens (tertiary/aromatic N) is 4. The monoisotopic (exact) mass is 336 g/mol. The number of rotatable bonds is 5. The summed E-state index contributed by atoms with van der Waals surface area (Å²) in [6.07, 6.45) is 6.11. The lowest BCUT2D eigenvalue weighted by Gasteiger charge is -2.42. The number of piperidine rings is 1. The molecule has 7 heteroatoms. The Labute approximate surface area is 139 Å². The van der Waals surface area contributed by atoms with E-state index < -0.39 is 17.2 Å². The molecule has 1 saturated heterocycles. The van der Waals surface area contributed by atoms with Crippen molar-refractivity contribution >= 4 is 0 Å². The summed E-state index contributed by atoms with van der Waals surface area (Å²) in [6, 6.07) is 2.96. The van der Waals surface area contributed by atoms with Gasteiger partial charge in [0.2, 0.25) is 0 Å². The fraction of sp³-hybridized carbons (Fsp3) is 0.529. The van der Waals surface area contributed by atoms with E-state index in [1.807, 2.05) is 6.92 Å². The molecular formula is C17H22F2N4O. The highest BCUT2D eigenvalue weighted by atomic mass is 19.1. The highest BCUT2D eigenvalue weighted by Gasteiger charge is 2.42. The maximum Gasteiger partial charge on any atom is 0.137 e. The summed E-state index contributed by atoms with van der Waals surface area (Å²) in [5.41, 5.74) is -1.46. The van der Waals surface area contributed by atoms with Crippen molar-refractivity contribution in [2.75, 3.05) is 13.1 Å². The van der Waals surface area contributed by atoms with Gasteiger partial charge in [-0.15, -0.1) is 0 Å². The number of hydrogen-bond acceptors (Lipinski definition) is 4. The van der Waals surface area contributed by atoms with Crippen molar-refractivity contribution in [3.05, 3.63) is 48.1 Å². The second-order valence-electron chi connectivity index (χ2n) is 6.41. The third-order valence-electron chi connectivity index (χ3n) is 4.90. The Morgan fingerprint density at radius 2 is 2.00 bits per heavy atom. The van der Waals surface area contributed by atoms with Crippen LogP contribution in [0.2, 0.25) is 0 Å². The molecule has 1 aromatic carbocycles. The molecule has 0 saturated carbocycles. The molecule has 1 N–H and O–H groups in total. The molecule has 24 heavy (non-hydrogen) atoms. The normalized spacial score (nSPS) is 19.8. The van der Waals surface area contributed by atoms with Gasteiger partial charge in [0.15, 0.2) is 0 Å². The Morgan fingerprint density at radius 1 is 1.25 bits per heavy atom. The van der Waals surface area contributed by atoms with Crippen LogP contribution in [-0.2, 0) is 12.1 Å². The van der Waals surface area contributed by atoms with E-state index in [9.17, 15) is 13.9 Å². The lowest BCUT2D eigenvalue weighted by atomic mass is 9.84. The lowest BCUT2D eigenvalue weighted by Crippen LogP contribution is -2.53. The molecule has 1 aromatic heterocycles. The number of aliphatic hydroxyl groups is 1. The Balaban J connectivity index is 1.98. The molecule has 2 heterocycles. The molecule has 0 aliphatic carbocycles. The van der Waals surface area contributed by atoms with E-state index in [4.69, 9.17) is 0 Å². The van der Waals surface area contributed by atoms with Crippen LogP contribution in [0.4, 0.5) is 8.78 Å². The predicted octanol–water partition coefficient (Wildman–Crippen LogP) is 2.32. The zero-order valence-corrected chi connectivity index (χ0v) is 13.7. The smallest absolute Gasteiger partial charge is 0.137 e. The van der Waals surface area contributed by atoms with E-state index in [1.54, 1.807) is 0 Å². The number of aromatic nitrogens is 3. The van der Waals surface area contributed by atoms with Gasteiger partial charge < -0.3 is 5.11 Å². The van der Waals surface area contributed by atoms with Crippen LogP contribution >= 0.6 is 0 Å². The Kier molecular flexibility index (Phi) is 4.91. The minimum Gasteiger partial charge on any atom is -0.381 e. The second kappa shape index (κ2) is 6.94. The van der Waals surface area contributed by atoms with Crippen LogP contribution in [0.1, 0.15) is 31.7 Å². The van der Waals surface area contributed by atoms with Crippen molar-refractivity contribution < 1.29 is 13.9 Å². The largest absolute Gasteiger partial charge is 0.381 e. The molecule has 2 atom stereocenters. The number of halogens is 2. The van der Waals surface area contributed by atoms with Crippen molar-refractivity contribution in [2.45, 2.75) is 44.4 Å². The third kappa shape index (κ3) is 3.32.